The van der Waals surface area contributed by atoms with Crippen molar-refractivity contribution < 1.29 is 8.42 Å². The van der Waals surface area contributed by atoms with Crippen molar-refractivity contribution in [2.45, 2.75) is 39.5 Å². The number of nitrogens with one attached hydrogen (secondary N) is 3. The molecule has 0 radical (unpaired) electrons. The van der Waals surface area contributed by atoms with E-state index in [-0.39, 0.29) is 36.3 Å². The molecule has 2 rings (SSSR count). The minimum Gasteiger partial charge on any atom is -0.357 e. The molecule has 26 heavy (non-hydrogen) atoms. The SMILES string of the molecule is CCNC(=NCCS(=O)(=O)NCC1CCC1)NCCc1ncc(C)s1.I. The zero-order chi connectivity index (χ0) is 18.1. The molecule has 1 heterocycles. The first kappa shape index (κ1) is 23.6. The van der Waals surface area contributed by atoms with E-state index in [9.17, 15) is 8.42 Å². The summed E-state index contributed by atoms with van der Waals surface area (Å²) < 4.78 is 26.7. The Morgan fingerprint density at radius 3 is 2.73 bits per heavy atom. The topological polar surface area (TPSA) is 95.5 Å². The summed E-state index contributed by atoms with van der Waals surface area (Å²) in [6.45, 7) is 6.28. The molecule has 0 saturated heterocycles. The molecule has 1 aliphatic rings. The number of sulfonamides is 1. The van der Waals surface area contributed by atoms with E-state index < -0.39 is 10.0 Å². The van der Waals surface area contributed by atoms with Crippen molar-refractivity contribution in [3.8, 4) is 0 Å². The third-order valence-electron chi connectivity index (χ3n) is 4.09. The minimum atomic E-state index is -3.25. The van der Waals surface area contributed by atoms with E-state index in [1.807, 2.05) is 20.0 Å². The summed E-state index contributed by atoms with van der Waals surface area (Å²) in [6, 6.07) is 0. The van der Waals surface area contributed by atoms with Crippen LogP contribution >= 0.6 is 35.3 Å². The van der Waals surface area contributed by atoms with Gasteiger partial charge in [0.15, 0.2) is 5.96 Å². The Balaban J connectivity index is 0.00000338. The number of thiazole rings is 1. The molecule has 0 bridgehead atoms. The zero-order valence-corrected chi connectivity index (χ0v) is 19.4. The van der Waals surface area contributed by atoms with Gasteiger partial charge >= 0.3 is 0 Å². The van der Waals surface area contributed by atoms with Gasteiger partial charge in [-0.3, -0.25) is 4.99 Å². The molecule has 0 aromatic carbocycles. The standard InChI is InChI=1S/C16H29N5O2S2.HI/c1-3-17-16(18-8-7-15-20-11-13(2)24-15)19-9-10-25(22,23)21-12-14-5-4-6-14;/h11,14,21H,3-10,12H2,1-2H3,(H2,17,18,19);1H. The normalized spacial score (nSPS) is 15.2. The van der Waals surface area contributed by atoms with Crippen LogP contribution in [0.5, 0.6) is 0 Å². The molecular formula is C16H30IN5O2S2. The van der Waals surface area contributed by atoms with Gasteiger partial charge in [0.1, 0.15) is 0 Å². The van der Waals surface area contributed by atoms with E-state index in [2.05, 4.69) is 25.3 Å². The smallest absolute Gasteiger partial charge is 0.213 e. The van der Waals surface area contributed by atoms with Gasteiger partial charge < -0.3 is 10.6 Å². The lowest BCUT2D eigenvalue weighted by molar-refractivity contribution is 0.316. The number of nitrogens with zero attached hydrogens (tertiary/aromatic N) is 2. The second-order valence-electron chi connectivity index (χ2n) is 6.27. The van der Waals surface area contributed by atoms with Gasteiger partial charge in [-0.15, -0.1) is 35.3 Å². The highest BCUT2D eigenvalue weighted by molar-refractivity contribution is 14.0. The van der Waals surface area contributed by atoms with Crippen LogP contribution in [0.1, 0.15) is 36.1 Å². The van der Waals surface area contributed by atoms with Gasteiger partial charge in [0.2, 0.25) is 10.0 Å². The molecule has 1 fully saturated rings. The van der Waals surface area contributed by atoms with Crippen molar-refractivity contribution >= 4 is 51.3 Å². The highest BCUT2D eigenvalue weighted by Gasteiger charge is 2.19. The van der Waals surface area contributed by atoms with Crippen LogP contribution in [0.25, 0.3) is 0 Å². The maximum Gasteiger partial charge on any atom is 0.213 e. The van der Waals surface area contributed by atoms with Crippen molar-refractivity contribution in [2.75, 3.05) is 31.9 Å². The van der Waals surface area contributed by atoms with Gasteiger partial charge in [-0.05, 0) is 32.6 Å². The third kappa shape index (κ3) is 8.96. The lowest BCUT2D eigenvalue weighted by Crippen LogP contribution is -2.39. The van der Waals surface area contributed by atoms with Crippen molar-refractivity contribution in [2.24, 2.45) is 10.9 Å². The first-order valence-corrected chi connectivity index (χ1v) is 11.4. The van der Waals surface area contributed by atoms with Crippen LogP contribution in [-0.4, -0.2) is 51.3 Å². The third-order valence-corrected chi connectivity index (χ3v) is 6.39. The number of hydrogen-bond donors (Lipinski definition) is 3. The van der Waals surface area contributed by atoms with E-state index in [1.54, 1.807) is 11.3 Å². The Hall–Kier alpha value is -0.460. The number of hydrogen-bond acceptors (Lipinski definition) is 5. The van der Waals surface area contributed by atoms with E-state index in [0.717, 1.165) is 30.8 Å². The Morgan fingerprint density at radius 2 is 2.15 bits per heavy atom. The molecule has 150 valence electrons. The second kappa shape index (κ2) is 12.1. The van der Waals surface area contributed by atoms with Crippen LogP contribution in [0.15, 0.2) is 11.2 Å². The molecule has 1 saturated carbocycles. The molecule has 3 N–H and O–H groups in total. The number of rotatable bonds is 10. The van der Waals surface area contributed by atoms with Gasteiger partial charge in [0.05, 0.1) is 17.3 Å². The first-order chi connectivity index (χ1) is 12.0. The van der Waals surface area contributed by atoms with Gasteiger partial charge in [-0.2, -0.15) is 0 Å². The average molecular weight is 515 g/mol. The predicted octanol–water partition coefficient (Wildman–Crippen LogP) is 1.89. The summed E-state index contributed by atoms with van der Waals surface area (Å²) in [7, 11) is -3.25. The molecule has 0 spiro atoms. The van der Waals surface area contributed by atoms with Gasteiger partial charge in [0, 0.05) is 37.1 Å². The zero-order valence-electron chi connectivity index (χ0n) is 15.5. The number of aromatic nitrogens is 1. The molecule has 0 unspecified atom stereocenters. The van der Waals surface area contributed by atoms with Gasteiger partial charge in [0.25, 0.3) is 0 Å². The molecule has 0 atom stereocenters. The molecular weight excluding hydrogens is 485 g/mol. The predicted molar refractivity (Wildman–Crippen MR) is 119 cm³/mol. The lowest BCUT2D eigenvalue weighted by atomic mass is 9.86. The highest BCUT2D eigenvalue weighted by atomic mass is 127. The quantitative estimate of drug-likeness (QED) is 0.251. The molecule has 0 amide bonds. The van der Waals surface area contributed by atoms with Crippen LogP contribution in [0.2, 0.25) is 0 Å². The largest absolute Gasteiger partial charge is 0.357 e. The Bertz CT molecular complexity index is 659. The minimum absolute atomic E-state index is 0. The van der Waals surface area contributed by atoms with Crippen LogP contribution in [0.3, 0.4) is 0 Å². The fraction of sp³-hybridized carbons (Fsp3) is 0.750. The second-order valence-corrected chi connectivity index (χ2v) is 9.51. The number of aliphatic imine (C=N–C) groups is 1. The average Bonchev–Trinajstić information content (AvgIpc) is 2.91. The fourth-order valence-corrected chi connectivity index (χ4v) is 4.19. The number of guanidine groups is 1. The maximum absolute atomic E-state index is 12.0. The van der Waals surface area contributed by atoms with Gasteiger partial charge in [-0.1, -0.05) is 6.42 Å². The van der Waals surface area contributed by atoms with E-state index in [4.69, 9.17) is 0 Å². The van der Waals surface area contributed by atoms with Gasteiger partial charge in [-0.25, -0.2) is 18.1 Å². The summed E-state index contributed by atoms with van der Waals surface area (Å²) in [5.74, 6) is 1.18. The number of aryl methyl sites for hydroxylation is 1. The van der Waals surface area contributed by atoms with E-state index in [0.29, 0.717) is 25.0 Å². The van der Waals surface area contributed by atoms with Crippen molar-refractivity contribution in [1.29, 1.82) is 0 Å². The summed E-state index contributed by atoms with van der Waals surface area (Å²) >= 11 is 1.69. The molecule has 1 aromatic heterocycles. The summed E-state index contributed by atoms with van der Waals surface area (Å²) in [5, 5.41) is 7.45. The molecule has 10 heteroatoms. The van der Waals surface area contributed by atoms with E-state index in [1.165, 1.54) is 11.3 Å². The van der Waals surface area contributed by atoms with Crippen LogP contribution in [-0.2, 0) is 16.4 Å². The molecule has 1 aromatic rings. The van der Waals surface area contributed by atoms with Crippen LogP contribution in [0, 0.1) is 12.8 Å². The molecule has 1 aliphatic carbocycles. The lowest BCUT2D eigenvalue weighted by Gasteiger charge is -2.25. The van der Waals surface area contributed by atoms with E-state index >= 15 is 0 Å². The Morgan fingerprint density at radius 1 is 1.38 bits per heavy atom. The van der Waals surface area contributed by atoms with Crippen molar-refractivity contribution in [1.82, 2.24) is 20.3 Å². The Kier molecular flexibility index (Phi) is 11.0. The Labute approximate surface area is 177 Å². The number of halogens is 1. The highest BCUT2D eigenvalue weighted by Crippen LogP contribution is 2.25. The maximum atomic E-state index is 12.0. The monoisotopic (exact) mass is 515 g/mol. The van der Waals surface area contributed by atoms with Crippen LogP contribution < -0.4 is 15.4 Å². The van der Waals surface area contributed by atoms with Crippen LogP contribution in [0.4, 0.5) is 0 Å². The van der Waals surface area contributed by atoms with Crippen molar-refractivity contribution in [3.05, 3.63) is 16.1 Å². The molecule has 7 nitrogen and oxygen atoms in total. The molecule has 0 aliphatic heterocycles. The summed E-state index contributed by atoms with van der Waals surface area (Å²) in [6.07, 6.45) is 6.18. The summed E-state index contributed by atoms with van der Waals surface area (Å²) in [5.41, 5.74) is 0. The first-order valence-electron chi connectivity index (χ1n) is 8.89. The summed E-state index contributed by atoms with van der Waals surface area (Å²) in [4.78, 5) is 9.89. The fourth-order valence-electron chi connectivity index (χ4n) is 2.44. The van der Waals surface area contributed by atoms with Crippen molar-refractivity contribution in [3.63, 3.8) is 0 Å².